The molecule has 0 unspecified atom stereocenters. The van der Waals surface area contributed by atoms with Crippen LogP contribution in [0.4, 0.5) is 17.5 Å². The Morgan fingerprint density at radius 3 is 2.72 bits per heavy atom. The number of esters is 1. The molecule has 0 bridgehead atoms. The molecule has 2 aromatic heterocycles. The highest BCUT2D eigenvalue weighted by Crippen LogP contribution is 2.28. The van der Waals surface area contributed by atoms with Crippen LogP contribution in [0.15, 0.2) is 36.8 Å². The van der Waals surface area contributed by atoms with Crippen LogP contribution in [0, 0.1) is 12.8 Å². The van der Waals surface area contributed by atoms with Gasteiger partial charge < -0.3 is 15.4 Å². The summed E-state index contributed by atoms with van der Waals surface area (Å²) in [7, 11) is 1.44. The average molecular weight is 392 g/mol. The Balaban J connectivity index is 1.51. The lowest BCUT2D eigenvalue weighted by Crippen LogP contribution is -2.30. The number of carbonyl (C=O) groups excluding carboxylic acids is 1. The number of nitrogens with one attached hydrogen (secondary N) is 2. The van der Waals surface area contributed by atoms with E-state index in [-0.39, 0.29) is 17.9 Å². The van der Waals surface area contributed by atoms with Crippen LogP contribution in [0.2, 0.25) is 0 Å². The number of carbonyl (C=O) groups is 1. The molecule has 4 rings (SSSR count). The quantitative estimate of drug-likeness (QED) is 0.635. The molecule has 29 heavy (non-hydrogen) atoms. The SMILES string of the molecule is COC(=O)[C@H]1CC[C@H](Nc2ncc3ncnc(Nc4cccc(C)c4)c3n2)CC1. The number of rotatable bonds is 5. The molecule has 150 valence electrons. The van der Waals surface area contributed by atoms with Crippen molar-refractivity contribution < 1.29 is 9.53 Å². The average Bonchev–Trinajstić information content (AvgIpc) is 2.74. The van der Waals surface area contributed by atoms with Crippen molar-refractivity contribution in [2.75, 3.05) is 17.7 Å². The van der Waals surface area contributed by atoms with E-state index in [9.17, 15) is 4.79 Å². The van der Waals surface area contributed by atoms with Crippen LogP contribution in [0.5, 0.6) is 0 Å². The Kier molecular flexibility index (Phi) is 5.50. The van der Waals surface area contributed by atoms with E-state index in [1.807, 2.05) is 31.2 Å². The summed E-state index contributed by atoms with van der Waals surface area (Å²) in [5, 5.41) is 6.72. The fourth-order valence-electron chi connectivity index (χ4n) is 3.70. The molecule has 8 heteroatoms. The van der Waals surface area contributed by atoms with Gasteiger partial charge in [0, 0.05) is 11.7 Å². The van der Waals surface area contributed by atoms with Crippen LogP contribution in [-0.4, -0.2) is 39.1 Å². The second-order valence-electron chi connectivity index (χ2n) is 7.36. The maximum atomic E-state index is 11.7. The lowest BCUT2D eigenvalue weighted by Gasteiger charge is -2.27. The van der Waals surface area contributed by atoms with Gasteiger partial charge in [-0.15, -0.1) is 0 Å². The number of benzene rings is 1. The highest BCUT2D eigenvalue weighted by Gasteiger charge is 2.27. The number of ether oxygens (including phenoxy) is 1. The van der Waals surface area contributed by atoms with Gasteiger partial charge in [-0.05, 0) is 50.3 Å². The van der Waals surface area contributed by atoms with Crippen LogP contribution in [0.3, 0.4) is 0 Å². The predicted molar refractivity (Wildman–Crippen MR) is 111 cm³/mol. The van der Waals surface area contributed by atoms with Crippen molar-refractivity contribution in [1.29, 1.82) is 0 Å². The van der Waals surface area contributed by atoms with Gasteiger partial charge in [0.1, 0.15) is 17.4 Å². The molecule has 1 aliphatic rings. The molecule has 1 fully saturated rings. The monoisotopic (exact) mass is 392 g/mol. The zero-order valence-electron chi connectivity index (χ0n) is 16.6. The van der Waals surface area contributed by atoms with E-state index in [1.54, 1.807) is 6.20 Å². The molecular formula is C21H24N6O2. The van der Waals surface area contributed by atoms with Crippen molar-refractivity contribution in [1.82, 2.24) is 19.9 Å². The van der Waals surface area contributed by atoms with E-state index < -0.39 is 0 Å². The number of aryl methyl sites for hydroxylation is 1. The molecule has 2 N–H and O–H groups in total. The molecular weight excluding hydrogens is 368 g/mol. The first-order valence-corrected chi connectivity index (χ1v) is 9.78. The molecule has 0 spiro atoms. The van der Waals surface area contributed by atoms with Crippen molar-refractivity contribution in [2.24, 2.45) is 5.92 Å². The summed E-state index contributed by atoms with van der Waals surface area (Å²) in [5.41, 5.74) is 3.44. The van der Waals surface area contributed by atoms with Crippen LogP contribution in [-0.2, 0) is 9.53 Å². The Morgan fingerprint density at radius 2 is 1.97 bits per heavy atom. The number of hydrogen-bond acceptors (Lipinski definition) is 8. The topological polar surface area (TPSA) is 102 Å². The van der Waals surface area contributed by atoms with Gasteiger partial charge in [-0.2, -0.15) is 0 Å². The lowest BCUT2D eigenvalue weighted by atomic mass is 9.86. The summed E-state index contributed by atoms with van der Waals surface area (Å²) in [6, 6.07) is 8.30. The first-order chi connectivity index (χ1) is 14.1. The van der Waals surface area contributed by atoms with Gasteiger partial charge in [0.05, 0.1) is 19.2 Å². The highest BCUT2D eigenvalue weighted by molar-refractivity contribution is 5.87. The Hall–Kier alpha value is -3.29. The number of methoxy groups -OCH3 is 1. The Morgan fingerprint density at radius 1 is 1.14 bits per heavy atom. The van der Waals surface area contributed by atoms with Crippen LogP contribution < -0.4 is 10.6 Å². The number of hydrogen-bond donors (Lipinski definition) is 2. The zero-order chi connectivity index (χ0) is 20.2. The smallest absolute Gasteiger partial charge is 0.308 e. The van der Waals surface area contributed by atoms with Crippen molar-refractivity contribution in [3.8, 4) is 0 Å². The summed E-state index contributed by atoms with van der Waals surface area (Å²) in [5.74, 6) is 1.06. The minimum absolute atomic E-state index is 0.00546. The highest BCUT2D eigenvalue weighted by atomic mass is 16.5. The second-order valence-corrected chi connectivity index (χ2v) is 7.36. The summed E-state index contributed by atoms with van der Waals surface area (Å²) in [6.45, 7) is 2.04. The van der Waals surface area contributed by atoms with E-state index in [0.29, 0.717) is 22.8 Å². The maximum absolute atomic E-state index is 11.7. The van der Waals surface area contributed by atoms with Gasteiger partial charge in [0.2, 0.25) is 5.95 Å². The van der Waals surface area contributed by atoms with Gasteiger partial charge in [-0.1, -0.05) is 12.1 Å². The van der Waals surface area contributed by atoms with Crippen molar-refractivity contribution in [2.45, 2.75) is 38.6 Å². The summed E-state index contributed by atoms with van der Waals surface area (Å²) >= 11 is 0. The van der Waals surface area contributed by atoms with E-state index in [2.05, 4.69) is 30.6 Å². The second kappa shape index (κ2) is 8.38. The molecule has 1 saturated carbocycles. The number of fused-ring (bicyclic) bond motifs is 1. The molecule has 2 heterocycles. The summed E-state index contributed by atoms with van der Waals surface area (Å²) in [6.07, 6.45) is 6.57. The lowest BCUT2D eigenvalue weighted by molar-refractivity contribution is -0.146. The zero-order valence-corrected chi connectivity index (χ0v) is 16.6. The molecule has 0 saturated heterocycles. The number of anilines is 3. The van der Waals surface area contributed by atoms with Crippen molar-refractivity contribution in [3.63, 3.8) is 0 Å². The van der Waals surface area contributed by atoms with E-state index in [1.165, 1.54) is 13.4 Å². The Labute approximate surface area is 169 Å². The van der Waals surface area contributed by atoms with Gasteiger partial charge in [-0.25, -0.2) is 19.9 Å². The largest absolute Gasteiger partial charge is 0.469 e. The minimum atomic E-state index is -0.116. The molecule has 0 atom stereocenters. The molecule has 0 amide bonds. The summed E-state index contributed by atoms with van der Waals surface area (Å²) in [4.78, 5) is 29.4. The van der Waals surface area contributed by atoms with Crippen molar-refractivity contribution in [3.05, 3.63) is 42.4 Å². The standard InChI is InChI=1S/C21H24N6O2/c1-13-4-3-5-16(10-13)25-19-18-17(23-12-24-19)11-22-21(27-18)26-15-8-6-14(7-9-15)20(28)29-2/h3-5,10-12,14-15H,6-9H2,1-2H3,(H,22,26,27)(H,23,24,25)/t14-,15-. The first kappa shape index (κ1) is 19.0. The molecule has 0 aliphatic heterocycles. The van der Waals surface area contributed by atoms with Crippen LogP contribution in [0.1, 0.15) is 31.2 Å². The van der Waals surface area contributed by atoms with Gasteiger partial charge in [-0.3, -0.25) is 4.79 Å². The van der Waals surface area contributed by atoms with Crippen molar-refractivity contribution >= 4 is 34.5 Å². The molecule has 0 radical (unpaired) electrons. The summed E-state index contributed by atoms with van der Waals surface area (Å²) < 4.78 is 4.86. The molecule has 3 aromatic rings. The maximum Gasteiger partial charge on any atom is 0.308 e. The molecule has 1 aliphatic carbocycles. The third-order valence-corrected chi connectivity index (χ3v) is 5.25. The molecule has 8 nitrogen and oxygen atoms in total. The van der Waals surface area contributed by atoms with E-state index in [4.69, 9.17) is 4.74 Å². The van der Waals surface area contributed by atoms with Gasteiger partial charge >= 0.3 is 5.97 Å². The number of aromatic nitrogens is 4. The fourth-order valence-corrected chi connectivity index (χ4v) is 3.70. The van der Waals surface area contributed by atoms with E-state index in [0.717, 1.165) is 36.9 Å². The first-order valence-electron chi connectivity index (χ1n) is 9.78. The van der Waals surface area contributed by atoms with Crippen LogP contribution >= 0.6 is 0 Å². The fraction of sp³-hybridized carbons (Fsp3) is 0.381. The van der Waals surface area contributed by atoms with E-state index >= 15 is 0 Å². The van der Waals surface area contributed by atoms with Gasteiger partial charge in [0.25, 0.3) is 0 Å². The third-order valence-electron chi connectivity index (χ3n) is 5.25. The van der Waals surface area contributed by atoms with Crippen LogP contribution in [0.25, 0.3) is 11.0 Å². The number of nitrogens with zero attached hydrogens (tertiary/aromatic N) is 4. The van der Waals surface area contributed by atoms with Gasteiger partial charge in [0.15, 0.2) is 5.82 Å². The normalized spacial score (nSPS) is 19.0. The third kappa shape index (κ3) is 4.42. The minimum Gasteiger partial charge on any atom is -0.469 e. The predicted octanol–water partition coefficient (Wildman–Crippen LogP) is 3.62. The molecule has 1 aromatic carbocycles. The Bertz CT molecular complexity index is 1020.